The van der Waals surface area contributed by atoms with Gasteiger partial charge >= 0.3 is 0 Å². The first-order valence-electron chi connectivity index (χ1n) is 5.07. The average molecular weight is 254 g/mol. The highest BCUT2D eigenvalue weighted by molar-refractivity contribution is 5.40. The SMILES string of the molecule is CNc1nc(Oc2ccc(F)cc2)c(F)cc1F. The van der Waals surface area contributed by atoms with E-state index in [1.807, 2.05) is 0 Å². The fraction of sp³-hybridized carbons (Fsp3) is 0.0833. The molecule has 1 aromatic heterocycles. The Morgan fingerprint density at radius 3 is 2.33 bits per heavy atom. The second-order valence-electron chi connectivity index (χ2n) is 3.41. The van der Waals surface area contributed by atoms with Gasteiger partial charge in [0.05, 0.1) is 0 Å². The molecule has 18 heavy (non-hydrogen) atoms. The van der Waals surface area contributed by atoms with Crippen molar-refractivity contribution in [1.82, 2.24) is 4.98 Å². The highest BCUT2D eigenvalue weighted by Gasteiger charge is 2.12. The van der Waals surface area contributed by atoms with E-state index >= 15 is 0 Å². The normalized spacial score (nSPS) is 10.2. The number of hydrogen-bond donors (Lipinski definition) is 1. The fourth-order valence-corrected chi connectivity index (χ4v) is 1.31. The lowest BCUT2D eigenvalue weighted by Crippen LogP contribution is -2.01. The Balaban J connectivity index is 2.31. The van der Waals surface area contributed by atoms with E-state index in [1.165, 1.54) is 19.2 Å². The third kappa shape index (κ3) is 2.53. The zero-order valence-electron chi connectivity index (χ0n) is 9.38. The lowest BCUT2D eigenvalue weighted by Gasteiger charge is -2.08. The smallest absolute Gasteiger partial charge is 0.258 e. The van der Waals surface area contributed by atoms with Gasteiger partial charge in [-0.3, -0.25) is 0 Å². The molecule has 1 heterocycles. The minimum atomic E-state index is -0.934. The van der Waals surface area contributed by atoms with Gasteiger partial charge < -0.3 is 10.1 Å². The number of rotatable bonds is 3. The first-order valence-corrected chi connectivity index (χ1v) is 5.07. The molecule has 0 amide bonds. The van der Waals surface area contributed by atoms with Crippen molar-refractivity contribution in [1.29, 1.82) is 0 Å². The van der Waals surface area contributed by atoms with Crippen molar-refractivity contribution in [3.05, 3.63) is 47.8 Å². The molecule has 0 fully saturated rings. The Labute approximate surface area is 101 Å². The summed E-state index contributed by atoms with van der Waals surface area (Å²) in [6.07, 6.45) is 0. The van der Waals surface area contributed by atoms with Gasteiger partial charge in [-0.25, -0.2) is 13.2 Å². The average Bonchev–Trinajstić information content (AvgIpc) is 2.35. The van der Waals surface area contributed by atoms with E-state index in [0.717, 1.165) is 12.1 Å². The van der Waals surface area contributed by atoms with Crippen molar-refractivity contribution < 1.29 is 17.9 Å². The summed E-state index contributed by atoms with van der Waals surface area (Å²) in [6, 6.07) is 5.63. The molecular weight excluding hydrogens is 245 g/mol. The van der Waals surface area contributed by atoms with E-state index < -0.39 is 17.5 Å². The summed E-state index contributed by atoms with van der Waals surface area (Å²) < 4.78 is 44.3. The lowest BCUT2D eigenvalue weighted by atomic mass is 10.3. The maximum Gasteiger partial charge on any atom is 0.258 e. The molecular formula is C12H9F3N2O. The van der Waals surface area contributed by atoms with Gasteiger partial charge in [0, 0.05) is 13.1 Å². The van der Waals surface area contributed by atoms with E-state index in [2.05, 4.69) is 10.3 Å². The molecule has 2 rings (SSSR count). The van der Waals surface area contributed by atoms with Crippen LogP contribution in [0.1, 0.15) is 0 Å². The molecule has 0 bridgehead atoms. The van der Waals surface area contributed by atoms with E-state index in [-0.39, 0.29) is 17.4 Å². The molecule has 0 atom stereocenters. The molecule has 0 saturated heterocycles. The fourth-order valence-electron chi connectivity index (χ4n) is 1.31. The summed E-state index contributed by atoms with van der Waals surface area (Å²) in [5.41, 5.74) is 0. The minimum absolute atomic E-state index is 0.131. The Morgan fingerprint density at radius 1 is 1.06 bits per heavy atom. The topological polar surface area (TPSA) is 34.2 Å². The molecule has 0 aliphatic carbocycles. The molecule has 0 radical (unpaired) electrons. The van der Waals surface area contributed by atoms with Crippen molar-refractivity contribution in [3.63, 3.8) is 0 Å². The number of ether oxygens (including phenoxy) is 1. The van der Waals surface area contributed by atoms with Crippen molar-refractivity contribution >= 4 is 5.82 Å². The van der Waals surface area contributed by atoms with Crippen molar-refractivity contribution in [2.45, 2.75) is 0 Å². The summed E-state index contributed by atoms with van der Waals surface area (Å²) in [6.45, 7) is 0. The lowest BCUT2D eigenvalue weighted by molar-refractivity contribution is 0.417. The maximum absolute atomic E-state index is 13.4. The van der Waals surface area contributed by atoms with Crippen LogP contribution < -0.4 is 10.1 Å². The first kappa shape index (κ1) is 12.2. The number of halogens is 3. The third-order valence-electron chi connectivity index (χ3n) is 2.16. The molecule has 0 aliphatic heterocycles. The molecule has 3 nitrogen and oxygen atoms in total. The molecule has 94 valence electrons. The first-order chi connectivity index (χ1) is 8.60. The van der Waals surface area contributed by atoms with Crippen LogP contribution in [0, 0.1) is 17.5 Å². The Hall–Kier alpha value is -2.24. The van der Waals surface area contributed by atoms with Crippen LogP contribution in [0.25, 0.3) is 0 Å². The van der Waals surface area contributed by atoms with Gasteiger partial charge in [-0.05, 0) is 24.3 Å². The molecule has 1 N–H and O–H groups in total. The molecule has 0 saturated carbocycles. The molecule has 6 heteroatoms. The van der Waals surface area contributed by atoms with E-state index in [0.29, 0.717) is 6.07 Å². The van der Waals surface area contributed by atoms with Crippen LogP contribution in [0.2, 0.25) is 0 Å². The number of benzene rings is 1. The minimum Gasteiger partial charge on any atom is -0.436 e. The standard InChI is InChI=1S/C12H9F3N2O/c1-16-11-9(14)6-10(15)12(17-11)18-8-4-2-7(13)3-5-8/h2-6H,1H3,(H,16,17). The second-order valence-corrected chi connectivity index (χ2v) is 3.41. The van der Waals surface area contributed by atoms with Crippen LogP contribution in [-0.2, 0) is 0 Å². The second kappa shape index (κ2) is 4.95. The van der Waals surface area contributed by atoms with E-state index in [1.54, 1.807) is 0 Å². The highest BCUT2D eigenvalue weighted by atomic mass is 19.1. The monoisotopic (exact) mass is 254 g/mol. The Bertz CT molecular complexity index is 558. The molecule has 0 unspecified atom stereocenters. The van der Waals surface area contributed by atoms with Crippen molar-refractivity contribution in [2.75, 3.05) is 12.4 Å². The molecule has 0 spiro atoms. The molecule has 1 aromatic carbocycles. The highest BCUT2D eigenvalue weighted by Crippen LogP contribution is 2.25. The predicted molar refractivity (Wildman–Crippen MR) is 60.2 cm³/mol. The number of nitrogens with zero attached hydrogens (tertiary/aromatic N) is 1. The number of hydrogen-bond acceptors (Lipinski definition) is 3. The van der Waals surface area contributed by atoms with Gasteiger partial charge in [-0.1, -0.05) is 0 Å². The van der Waals surface area contributed by atoms with Crippen molar-refractivity contribution in [3.8, 4) is 11.6 Å². The van der Waals surface area contributed by atoms with Crippen LogP contribution in [0.15, 0.2) is 30.3 Å². The van der Waals surface area contributed by atoms with E-state index in [9.17, 15) is 13.2 Å². The van der Waals surface area contributed by atoms with Crippen LogP contribution in [0.4, 0.5) is 19.0 Å². The van der Waals surface area contributed by atoms with Gasteiger partial charge in [0.2, 0.25) is 0 Å². The van der Waals surface area contributed by atoms with Gasteiger partial charge in [-0.2, -0.15) is 4.98 Å². The largest absolute Gasteiger partial charge is 0.436 e. The number of anilines is 1. The number of nitrogens with one attached hydrogen (secondary N) is 1. The molecule has 2 aromatic rings. The van der Waals surface area contributed by atoms with Crippen LogP contribution >= 0.6 is 0 Å². The van der Waals surface area contributed by atoms with Gasteiger partial charge in [-0.15, -0.1) is 0 Å². The number of pyridine rings is 1. The Morgan fingerprint density at radius 2 is 1.72 bits per heavy atom. The van der Waals surface area contributed by atoms with Gasteiger partial charge in [0.1, 0.15) is 11.6 Å². The quantitative estimate of drug-likeness (QED) is 0.912. The van der Waals surface area contributed by atoms with E-state index in [4.69, 9.17) is 4.74 Å². The van der Waals surface area contributed by atoms with Crippen LogP contribution in [-0.4, -0.2) is 12.0 Å². The third-order valence-corrected chi connectivity index (χ3v) is 2.16. The van der Waals surface area contributed by atoms with Gasteiger partial charge in [0.15, 0.2) is 17.5 Å². The number of aromatic nitrogens is 1. The van der Waals surface area contributed by atoms with Gasteiger partial charge in [0.25, 0.3) is 5.88 Å². The summed E-state index contributed by atoms with van der Waals surface area (Å²) in [4.78, 5) is 3.63. The predicted octanol–water partition coefficient (Wildman–Crippen LogP) is 3.33. The van der Waals surface area contributed by atoms with Crippen molar-refractivity contribution in [2.24, 2.45) is 0 Å². The summed E-state index contributed by atoms with van der Waals surface area (Å²) in [5, 5.41) is 2.46. The Kier molecular flexibility index (Phi) is 3.36. The zero-order valence-corrected chi connectivity index (χ0v) is 9.38. The summed E-state index contributed by atoms with van der Waals surface area (Å²) >= 11 is 0. The van der Waals surface area contributed by atoms with Crippen LogP contribution in [0.5, 0.6) is 11.6 Å². The maximum atomic E-state index is 13.4. The zero-order chi connectivity index (χ0) is 13.1. The van der Waals surface area contributed by atoms with Crippen LogP contribution in [0.3, 0.4) is 0 Å². The summed E-state index contributed by atoms with van der Waals surface area (Å²) in [5.74, 6) is -2.50. The summed E-state index contributed by atoms with van der Waals surface area (Å²) in [7, 11) is 1.45. The molecule has 0 aliphatic rings.